The Hall–Kier alpha value is -2.29. The summed E-state index contributed by atoms with van der Waals surface area (Å²) in [6, 6.07) is 13.8. The maximum Gasteiger partial charge on any atom is 0.137 e. The van der Waals surface area contributed by atoms with Gasteiger partial charge in [0.15, 0.2) is 0 Å². The van der Waals surface area contributed by atoms with Crippen LogP contribution in [0.4, 0.5) is 5.69 Å². The molecule has 0 aliphatic rings. The van der Waals surface area contributed by atoms with Gasteiger partial charge in [0, 0.05) is 23.1 Å². The summed E-state index contributed by atoms with van der Waals surface area (Å²) < 4.78 is 2.07. The fraction of sp³-hybridized carbons (Fsp3) is 0.0714. The number of pyridine rings is 1. The molecule has 0 aliphatic carbocycles. The van der Waals surface area contributed by atoms with Crippen LogP contribution >= 0.6 is 0 Å². The number of rotatable bonds is 1. The Labute approximate surface area is 99.5 Å². The summed E-state index contributed by atoms with van der Waals surface area (Å²) in [4.78, 5) is 4.63. The molecule has 2 N–H and O–H groups in total. The molecule has 0 fully saturated rings. The summed E-state index contributed by atoms with van der Waals surface area (Å²) in [6.45, 7) is 2.06. The third-order valence-electron chi connectivity index (χ3n) is 2.98. The van der Waals surface area contributed by atoms with E-state index in [1.165, 1.54) is 0 Å². The highest BCUT2D eigenvalue weighted by Crippen LogP contribution is 2.28. The number of hydrogen-bond acceptors (Lipinski definition) is 2. The highest BCUT2D eigenvalue weighted by Gasteiger charge is 2.11. The van der Waals surface area contributed by atoms with Gasteiger partial charge in [-0.05, 0) is 25.1 Å². The molecule has 3 heteroatoms. The predicted molar refractivity (Wildman–Crippen MR) is 69.8 cm³/mol. The Morgan fingerprint density at radius 3 is 2.59 bits per heavy atom. The first-order valence-electron chi connectivity index (χ1n) is 5.56. The van der Waals surface area contributed by atoms with Gasteiger partial charge in [-0.15, -0.1) is 0 Å². The number of anilines is 1. The lowest BCUT2D eigenvalue weighted by atomic mass is 10.1. The number of benzene rings is 1. The monoisotopic (exact) mass is 223 g/mol. The van der Waals surface area contributed by atoms with Gasteiger partial charge in [0.1, 0.15) is 5.65 Å². The van der Waals surface area contributed by atoms with Crippen LogP contribution in [0.2, 0.25) is 0 Å². The van der Waals surface area contributed by atoms with E-state index in [0.29, 0.717) is 0 Å². The van der Waals surface area contributed by atoms with E-state index in [1.54, 1.807) is 0 Å². The summed E-state index contributed by atoms with van der Waals surface area (Å²) in [5.41, 5.74) is 10.8. The number of nitrogens with zero attached hydrogens (tertiary/aromatic N) is 2. The van der Waals surface area contributed by atoms with Crippen molar-refractivity contribution in [3.8, 4) is 11.3 Å². The summed E-state index contributed by atoms with van der Waals surface area (Å²) in [7, 11) is 0. The van der Waals surface area contributed by atoms with Crippen LogP contribution < -0.4 is 5.73 Å². The largest absolute Gasteiger partial charge is 0.398 e. The van der Waals surface area contributed by atoms with Crippen molar-refractivity contribution in [2.24, 2.45) is 0 Å². The van der Waals surface area contributed by atoms with E-state index in [0.717, 1.165) is 28.3 Å². The molecule has 0 atom stereocenters. The van der Waals surface area contributed by atoms with Gasteiger partial charge in [0.2, 0.25) is 0 Å². The number of aromatic nitrogens is 2. The molecule has 1 aromatic carbocycles. The van der Waals surface area contributed by atoms with Gasteiger partial charge in [-0.2, -0.15) is 0 Å². The fourth-order valence-electron chi connectivity index (χ4n) is 2.09. The van der Waals surface area contributed by atoms with E-state index in [-0.39, 0.29) is 0 Å². The van der Waals surface area contributed by atoms with Crippen molar-refractivity contribution in [1.29, 1.82) is 0 Å². The van der Waals surface area contributed by atoms with E-state index < -0.39 is 0 Å². The molecule has 2 aromatic heterocycles. The second-order valence-corrected chi connectivity index (χ2v) is 4.06. The maximum absolute atomic E-state index is 5.99. The predicted octanol–water partition coefficient (Wildman–Crippen LogP) is 2.89. The van der Waals surface area contributed by atoms with Crippen LogP contribution in [-0.2, 0) is 0 Å². The average Bonchev–Trinajstić information content (AvgIpc) is 2.68. The van der Waals surface area contributed by atoms with Crippen LogP contribution in [0.1, 0.15) is 5.69 Å². The molecule has 0 bridgehead atoms. The average molecular weight is 223 g/mol. The van der Waals surface area contributed by atoms with Crippen molar-refractivity contribution in [2.45, 2.75) is 6.92 Å². The lowest BCUT2D eigenvalue weighted by molar-refractivity contribution is 1.11. The molecule has 0 aliphatic heterocycles. The second kappa shape index (κ2) is 3.63. The molecule has 0 unspecified atom stereocenters. The van der Waals surface area contributed by atoms with Crippen molar-refractivity contribution < 1.29 is 0 Å². The zero-order valence-electron chi connectivity index (χ0n) is 9.59. The number of nitrogens with two attached hydrogens (primary N) is 1. The van der Waals surface area contributed by atoms with Gasteiger partial charge in [-0.25, -0.2) is 4.98 Å². The van der Waals surface area contributed by atoms with Crippen LogP contribution in [0.25, 0.3) is 16.9 Å². The Balaban J connectivity index is 2.32. The number of para-hydroxylation sites is 1. The molecule has 3 rings (SSSR count). The molecular formula is C14H13N3. The first-order valence-corrected chi connectivity index (χ1v) is 5.56. The summed E-state index contributed by atoms with van der Waals surface area (Å²) in [6.07, 6.45) is 2.01. The quantitative estimate of drug-likeness (QED) is 0.644. The third-order valence-corrected chi connectivity index (χ3v) is 2.98. The fourth-order valence-corrected chi connectivity index (χ4v) is 2.09. The molecule has 0 spiro atoms. The summed E-state index contributed by atoms with van der Waals surface area (Å²) >= 11 is 0. The standard InChI is InChI=1S/C14H13N3/c1-10-14(11-6-2-3-7-12(11)15)16-13-8-4-5-9-17(10)13/h2-9H,15H2,1H3. The SMILES string of the molecule is Cc1c(-c2ccccc2N)nc2ccccn12. The van der Waals surface area contributed by atoms with Gasteiger partial charge in [0.05, 0.1) is 5.69 Å². The first kappa shape index (κ1) is 9.90. The molecule has 0 radical (unpaired) electrons. The van der Waals surface area contributed by atoms with Crippen LogP contribution in [0.3, 0.4) is 0 Å². The number of aryl methyl sites for hydroxylation is 1. The highest BCUT2D eigenvalue weighted by atomic mass is 15.0. The molecule has 0 amide bonds. The molecular weight excluding hydrogens is 210 g/mol. The van der Waals surface area contributed by atoms with Gasteiger partial charge in [-0.3, -0.25) is 0 Å². The Bertz CT molecular complexity index is 683. The van der Waals surface area contributed by atoms with E-state index in [9.17, 15) is 0 Å². The highest BCUT2D eigenvalue weighted by molar-refractivity contribution is 5.76. The van der Waals surface area contributed by atoms with Crippen LogP contribution in [0.15, 0.2) is 48.7 Å². The van der Waals surface area contributed by atoms with E-state index in [4.69, 9.17) is 5.73 Å². The van der Waals surface area contributed by atoms with Gasteiger partial charge in [-0.1, -0.05) is 24.3 Å². The minimum Gasteiger partial charge on any atom is -0.398 e. The molecule has 0 saturated heterocycles. The number of nitrogen functional groups attached to an aromatic ring is 1. The Morgan fingerprint density at radius 1 is 1.06 bits per heavy atom. The second-order valence-electron chi connectivity index (χ2n) is 4.06. The maximum atomic E-state index is 5.99. The van der Waals surface area contributed by atoms with Crippen molar-refractivity contribution in [1.82, 2.24) is 9.38 Å². The Kier molecular flexibility index (Phi) is 2.11. The smallest absolute Gasteiger partial charge is 0.137 e. The van der Waals surface area contributed by atoms with Crippen molar-refractivity contribution in [2.75, 3.05) is 5.73 Å². The molecule has 0 saturated carbocycles. The lowest BCUT2D eigenvalue weighted by Crippen LogP contribution is -1.91. The number of fused-ring (bicyclic) bond motifs is 1. The molecule has 3 nitrogen and oxygen atoms in total. The summed E-state index contributed by atoms with van der Waals surface area (Å²) in [5, 5.41) is 0. The Morgan fingerprint density at radius 2 is 1.82 bits per heavy atom. The first-order chi connectivity index (χ1) is 8.27. The molecule has 84 valence electrons. The van der Waals surface area contributed by atoms with Crippen molar-refractivity contribution >= 4 is 11.3 Å². The summed E-state index contributed by atoms with van der Waals surface area (Å²) in [5.74, 6) is 0. The number of hydrogen-bond donors (Lipinski definition) is 1. The van der Waals surface area contributed by atoms with Crippen LogP contribution in [0.5, 0.6) is 0 Å². The van der Waals surface area contributed by atoms with Gasteiger partial charge < -0.3 is 10.1 Å². The molecule has 2 heterocycles. The van der Waals surface area contributed by atoms with E-state index in [2.05, 4.69) is 16.3 Å². The van der Waals surface area contributed by atoms with Crippen molar-refractivity contribution in [3.63, 3.8) is 0 Å². The van der Waals surface area contributed by atoms with E-state index in [1.807, 2.05) is 48.7 Å². The minimum atomic E-state index is 0.763. The third kappa shape index (κ3) is 1.47. The van der Waals surface area contributed by atoms with Crippen LogP contribution in [0, 0.1) is 6.92 Å². The topological polar surface area (TPSA) is 43.3 Å². The minimum absolute atomic E-state index is 0.763. The van der Waals surface area contributed by atoms with E-state index >= 15 is 0 Å². The van der Waals surface area contributed by atoms with Crippen molar-refractivity contribution in [3.05, 3.63) is 54.4 Å². The van der Waals surface area contributed by atoms with Gasteiger partial charge in [0.25, 0.3) is 0 Å². The zero-order valence-corrected chi connectivity index (χ0v) is 9.59. The van der Waals surface area contributed by atoms with Gasteiger partial charge >= 0.3 is 0 Å². The van der Waals surface area contributed by atoms with Crippen LogP contribution in [-0.4, -0.2) is 9.38 Å². The molecule has 3 aromatic rings. The zero-order chi connectivity index (χ0) is 11.8. The molecule has 17 heavy (non-hydrogen) atoms. The number of imidazole rings is 1. The normalized spacial score (nSPS) is 10.9. The lowest BCUT2D eigenvalue weighted by Gasteiger charge is -2.02.